The third kappa shape index (κ3) is 4.76. The molecule has 2 aromatic carbocycles. The van der Waals surface area contributed by atoms with E-state index in [1.54, 1.807) is 0 Å². The molecule has 3 heteroatoms. The molecule has 0 amide bonds. The fourth-order valence-electron chi connectivity index (χ4n) is 2.22. The quantitative estimate of drug-likeness (QED) is 0.852. The van der Waals surface area contributed by atoms with Crippen LogP contribution in [-0.2, 0) is 13.0 Å². The van der Waals surface area contributed by atoms with Gasteiger partial charge in [0, 0.05) is 11.1 Å². The predicted octanol–water partition coefficient (Wildman–Crippen LogP) is 4.51. The standard InChI is InChI=1S/C18H22ClNO/c1-3-17(20)11-15-9-13(2)7-8-18(15)21-12-14-5-4-6-16(19)10-14/h4-10,17H,3,11-12,20H2,1-2H3. The number of nitrogens with two attached hydrogens (primary N) is 1. The first-order valence-corrected chi connectivity index (χ1v) is 7.68. The van der Waals surface area contributed by atoms with Gasteiger partial charge in [-0.2, -0.15) is 0 Å². The third-order valence-electron chi connectivity index (χ3n) is 3.51. The zero-order chi connectivity index (χ0) is 15.2. The third-order valence-corrected chi connectivity index (χ3v) is 3.74. The summed E-state index contributed by atoms with van der Waals surface area (Å²) in [4.78, 5) is 0. The van der Waals surface area contributed by atoms with Crippen LogP contribution in [0.25, 0.3) is 0 Å². The lowest BCUT2D eigenvalue weighted by molar-refractivity contribution is 0.302. The molecule has 0 bridgehead atoms. The van der Waals surface area contributed by atoms with E-state index >= 15 is 0 Å². The molecule has 0 radical (unpaired) electrons. The summed E-state index contributed by atoms with van der Waals surface area (Å²) in [5.41, 5.74) is 9.54. The van der Waals surface area contributed by atoms with Crippen LogP contribution in [0.4, 0.5) is 0 Å². The summed E-state index contributed by atoms with van der Waals surface area (Å²) >= 11 is 5.99. The van der Waals surface area contributed by atoms with Crippen molar-refractivity contribution >= 4 is 11.6 Å². The average Bonchev–Trinajstić information content (AvgIpc) is 2.46. The van der Waals surface area contributed by atoms with E-state index in [1.807, 2.05) is 30.3 Å². The maximum Gasteiger partial charge on any atom is 0.123 e. The van der Waals surface area contributed by atoms with E-state index in [2.05, 4.69) is 26.0 Å². The molecule has 1 unspecified atom stereocenters. The predicted molar refractivity (Wildman–Crippen MR) is 88.9 cm³/mol. The van der Waals surface area contributed by atoms with Crippen molar-refractivity contribution < 1.29 is 4.74 Å². The molecule has 0 aliphatic heterocycles. The molecule has 2 N–H and O–H groups in total. The van der Waals surface area contributed by atoms with Gasteiger partial charge < -0.3 is 10.5 Å². The molecular formula is C18H22ClNO. The Morgan fingerprint density at radius 1 is 1.19 bits per heavy atom. The molecule has 0 fully saturated rings. The van der Waals surface area contributed by atoms with Crippen LogP contribution >= 0.6 is 11.6 Å². The van der Waals surface area contributed by atoms with E-state index < -0.39 is 0 Å². The maximum absolute atomic E-state index is 6.08. The summed E-state index contributed by atoms with van der Waals surface area (Å²) in [5, 5.41) is 0.730. The first-order valence-electron chi connectivity index (χ1n) is 7.31. The van der Waals surface area contributed by atoms with Crippen molar-refractivity contribution in [3.8, 4) is 5.75 Å². The molecule has 2 aromatic rings. The Kier molecular flexibility index (Phi) is 5.66. The van der Waals surface area contributed by atoms with Crippen molar-refractivity contribution in [3.05, 3.63) is 64.2 Å². The van der Waals surface area contributed by atoms with Gasteiger partial charge in [0.15, 0.2) is 0 Å². The molecule has 0 spiro atoms. The van der Waals surface area contributed by atoms with E-state index in [9.17, 15) is 0 Å². The molecule has 0 aromatic heterocycles. The van der Waals surface area contributed by atoms with Crippen LogP contribution in [0.5, 0.6) is 5.75 Å². The van der Waals surface area contributed by atoms with Crippen LogP contribution in [0.15, 0.2) is 42.5 Å². The number of halogens is 1. The van der Waals surface area contributed by atoms with Gasteiger partial charge in [-0.1, -0.05) is 48.4 Å². The molecule has 2 rings (SSSR count). The van der Waals surface area contributed by atoms with E-state index in [0.29, 0.717) is 6.61 Å². The molecule has 21 heavy (non-hydrogen) atoms. The minimum Gasteiger partial charge on any atom is -0.489 e. The molecule has 112 valence electrons. The first-order chi connectivity index (χ1) is 10.1. The maximum atomic E-state index is 6.08. The van der Waals surface area contributed by atoms with Crippen LogP contribution in [0.3, 0.4) is 0 Å². The second-order valence-electron chi connectivity index (χ2n) is 5.40. The van der Waals surface area contributed by atoms with Crippen LogP contribution in [0.2, 0.25) is 5.02 Å². The van der Waals surface area contributed by atoms with Gasteiger partial charge in [0.1, 0.15) is 12.4 Å². The van der Waals surface area contributed by atoms with Gasteiger partial charge >= 0.3 is 0 Å². The van der Waals surface area contributed by atoms with Gasteiger partial charge in [-0.05, 0) is 49.1 Å². The van der Waals surface area contributed by atoms with Crippen molar-refractivity contribution in [2.75, 3.05) is 0 Å². The highest BCUT2D eigenvalue weighted by Crippen LogP contribution is 2.23. The Hall–Kier alpha value is -1.51. The number of aryl methyl sites for hydroxylation is 1. The Balaban J connectivity index is 2.11. The number of ether oxygens (including phenoxy) is 1. The monoisotopic (exact) mass is 303 g/mol. The molecule has 0 saturated heterocycles. The van der Waals surface area contributed by atoms with Crippen molar-refractivity contribution in [2.45, 2.75) is 39.3 Å². The minimum absolute atomic E-state index is 0.167. The Bertz CT molecular complexity index is 598. The summed E-state index contributed by atoms with van der Waals surface area (Å²) in [5.74, 6) is 0.907. The Morgan fingerprint density at radius 2 is 2.00 bits per heavy atom. The second-order valence-corrected chi connectivity index (χ2v) is 5.84. The van der Waals surface area contributed by atoms with Crippen LogP contribution in [-0.4, -0.2) is 6.04 Å². The molecule has 0 aliphatic carbocycles. The molecule has 2 nitrogen and oxygen atoms in total. The van der Waals surface area contributed by atoms with Crippen molar-refractivity contribution in [3.63, 3.8) is 0 Å². The number of rotatable bonds is 6. The highest BCUT2D eigenvalue weighted by atomic mass is 35.5. The summed E-state index contributed by atoms with van der Waals surface area (Å²) in [7, 11) is 0. The van der Waals surface area contributed by atoms with Crippen LogP contribution in [0.1, 0.15) is 30.0 Å². The van der Waals surface area contributed by atoms with Crippen LogP contribution in [0, 0.1) is 6.92 Å². The normalized spacial score (nSPS) is 12.2. The Morgan fingerprint density at radius 3 is 2.71 bits per heavy atom. The van der Waals surface area contributed by atoms with Crippen molar-refractivity contribution in [1.82, 2.24) is 0 Å². The van der Waals surface area contributed by atoms with Crippen LogP contribution < -0.4 is 10.5 Å². The fraction of sp³-hybridized carbons (Fsp3) is 0.333. The van der Waals surface area contributed by atoms with E-state index in [4.69, 9.17) is 22.1 Å². The minimum atomic E-state index is 0.167. The van der Waals surface area contributed by atoms with E-state index in [1.165, 1.54) is 11.1 Å². The zero-order valence-corrected chi connectivity index (χ0v) is 13.4. The highest BCUT2D eigenvalue weighted by molar-refractivity contribution is 6.30. The highest BCUT2D eigenvalue weighted by Gasteiger charge is 2.09. The second kappa shape index (κ2) is 7.48. The molecule has 0 aliphatic rings. The number of hydrogen-bond donors (Lipinski definition) is 1. The van der Waals surface area contributed by atoms with E-state index in [-0.39, 0.29) is 6.04 Å². The average molecular weight is 304 g/mol. The SMILES string of the molecule is CCC(N)Cc1cc(C)ccc1OCc1cccc(Cl)c1. The summed E-state index contributed by atoms with van der Waals surface area (Å²) < 4.78 is 5.96. The van der Waals surface area contributed by atoms with Gasteiger partial charge in [-0.3, -0.25) is 0 Å². The van der Waals surface area contributed by atoms with Crippen molar-refractivity contribution in [1.29, 1.82) is 0 Å². The lowest BCUT2D eigenvalue weighted by Crippen LogP contribution is -2.21. The lowest BCUT2D eigenvalue weighted by atomic mass is 10.0. The zero-order valence-electron chi connectivity index (χ0n) is 12.6. The van der Waals surface area contributed by atoms with Gasteiger partial charge in [0.05, 0.1) is 0 Å². The van der Waals surface area contributed by atoms with Gasteiger partial charge in [-0.15, -0.1) is 0 Å². The van der Waals surface area contributed by atoms with Crippen molar-refractivity contribution in [2.24, 2.45) is 5.73 Å². The first kappa shape index (κ1) is 15.9. The summed E-state index contributed by atoms with van der Waals surface area (Å²) in [6.45, 7) is 4.70. The summed E-state index contributed by atoms with van der Waals surface area (Å²) in [6.07, 6.45) is 1.80. The van der Waals surface area contributed by atoms with Gasteiger partial charge in [0.25, 0.3) is 0 Å². The largest absolute Gasteiger partial charge is 0.489 e. The smallest absolute Gasteiger partial charge is 0.123 e. The fourth-order valence-corrected chi connectivity index (χ4v) is 2.44. The topological polar surface area (TPSA) is 35.2 Å². The Labute approximate surface area is 131 Å². The van der Waals surface area contributed by atoms with Gasteiger partial charge in [0.2, 0.25) is 0 Å². The number of benzene rings is 2. The molecule has 0 saturated carbocycles. The van der Waals surface area contributed by atoms with Gasteiger partial charge in [-0.25, -0.2) is 0 Å². The summed E-state index contributed by atoms with van der Waals surface area (Å²) in [6, 6.07) is 14.1. The molecule has 1 atom stereocenters. The molecule has 0 heterocycles. The van der Waals surface area contributed by atoms with E-state index in [0.717, 1.165) is 29.2 Å². The number of hydrogen-bond acceptors (Lipinski definition) is 2. The molecular weight excluding hydrogens is 282 g/mol. The lowest BCUT2D eigenvalue weighted by Gasteiger charge is -2.15.